The number of ether oxygens (including phenoxy) is 2. The molecule has 0 fully saturated rings. The Kier molecular flexibility index (Phi) is 7.29. The van der Waals surface area contributed by atoms with Gasteiger partial charge in [0.05, 0.1) is 14.2 Å². The van der Waals surface area contributed by atoms with E-state index in [2.05, 4.69) is 41.8 Å². The quantitative estimate of drug-likeness (QED) is 0.688. The highest BCUT2D eigenvalue weighted by molar-refractivity contribution is 5.94. The average molecular weight is 342 g/mol. The molecule has 5 nitrogen and oxygen atoms in total. The first-order chi connectivity index (χ1) is 12.2. The zero-order valence-corrected chi connectivity index (χ0v) is 15.1. The van der Waals surface area contributed by atoms with Crippen LogP contribution < -0.4 is 20.1 Å². The molecule has 2 rings (SSSR count). The summed E-state index contributed by atoms with van der Waals surface area (Å²) in [6, 6.07) is 13.7. The third-order valence-corrected chi connectivity index (χ3v) is 3.99. The van der Waals surface area contributed by atoms with Gasteiger partial charge in [0.25, 0.3) is 5.91 Å². The molecule has 0 unspecified atom stereocenters. The molecule has 0 aromatic heterocycles. The maximum absolute atomic E-state index is 12.2. The van der Waals surface area contributed by atoms with E-state index in [1.54, 1.807) is 32.4 Å². The highest BCUT2D eigenvalue weighted by Gasteiger charge is 2.10. The van der Waals surface area contributed by atoms with Crippen molar-refractivity contribution in [3.05, 3.63) is 59.2 Å². The van der Waals surface area contributed by atoms with Crippen LogP contribution in [0.1, 0.15) is 28.4 Å². The first kappa shape index (κ1) is 18.8. The second-order valence-electron chi connectivity index (χ2n) is 5.67. The Morgan fingerprint density at radius 3 is 2.24 bits per heavy atom. The van der Waals surface area contributed by atoms with Crippen molar-refractivity contribution >= 4 is 5.91 Å². The predicted octanol–water partition coefficient (Wildman–Crippen LogP) is 2.79. The summed E-state index contributed by atoms with van der Waals surface area (Å²) < 4.78 is 10.4. The lowest BCUT2D eigenvalue weighted by Gasteiger charge is -2.10. The molecule has 0 aliphatic heterocycles. The number of benzene rings is 2. The molecule has 0 spiro atoms. The van der Waals surface area contributed by atoms with Gasteiger partial charge in [0, 0.05) is 25.2 Å². The zero-order valence-electron chi connectivity index (χ0n) is 15.1. The van der Waals surface area contributed by atoms with Crippen LogP contribution in [-0.2, 0) is 13.0 Å². The van der Waals surface area contributed by atoms with Gasteiger partial charge in [0.1, 0.15) is 0 Å². The second-order valence-corrected chi connectivity index (χ2v) is 5.67. The van der Waals surface area contributed by atoms with Crippen LogP contribution in [0.4, 0.5) is 0 Å². The summed E-state index contributed by atoms with van der Waals surface area (Å²) in [6.07, 6.45) is 1.05. The molecule has 25 heavy (non-hydrogen) atoms. The Balaban J connectivity index is 1.74. The summed E-state index contributed by atoms with van der Waals surface area (Å²) in [4.78, 5) is 12.2. The molecule has 5 heteroatoms. The number of methoxy groups -OCH3 is 2. The normalized spacial score (nSPS) is 10.4. The van der Waals surface area contributed by atoms with Gasteiger partial charge in [-0.2, -0.15) is 0 Å². The lowest BCUT2D eigenvalue weighted by atomic mass is 10.1. The Labute approximate surface area is 149 Å². The van der Waals surface area contributed by atoms with Crippen LogP contribution in [0.15, 0.2) is 42.5 Å². The van der Waals surface area contributed by atoms with Crippen LogP contribution in [0.25, 0.3) is 0 Å². The molecule has 2 aromatic rings. The third-order valence-electron chi connectivity index (χ3n) is 3.99. The van der Waals surface area contributed by atoms with Crippen molar-refractivity contribution in [3.8, 4) is 11.5 Å². The number of rotatable bonds is 9. The lowest BCUT2D eigenvalue weighted by molar-refractivity contribution is 0.0953. The van der Waals surface area contributed by atoms with Crippen LogP contribution in [0, 0.1) is 0 Å². The SMILES string of the molecule is CCc1ccc(CNCCNC(=O)c2ccc(OC)c(OC)c2)cc1. The maximum atomic E-state index is 12.2. The summed E-state index contributed by atoms with van der Waals surface area (Å²) in [7, 11) is 3.12. The molecule has 2 N–H and O–H groups in total. The molecule has 2 aromatic carbocycles. The summed E-state index contributed by atoms with van der Waals surface area (Å²) >= 11 is 0. The van der Waals surface area contributed by atoms with E-state index in [4.69, 9.17) is 9.47 Å². The van der Waals surface area contributed by atoms with E-state index in [1.165, 1.54) is 11.1 Å². The van der Waals surface area contributed by atoms with Crippen LogP contribution >= 0.6 is 0 Å². The number of hydrogen-bond acceptors (Lipinski definition) is 4. The van der Waals surface area contributed by atoms with Crippen molar-refractivity contribution in [2.45, 2.75) is 19.9 Å². The summed E-state index contributed by atoms with van der Waals surface area (Å²) in [5, 5.41) is 6.22. The Morgan fingerprint density at radius 2 is 1.60 bits per heavy atom. The van der Waals surface area contributed by atoms with Gasteiger partial charge in [0.2, 0.25) is 0 Å². The van der Waals surface area contributed by atoms with Gasteiger partial charge >= 0.3 is 0 Å². The monoisotopic (exact) mass is 342 g/mol. The Bertz CT molecular complexity index is 684. The van der Waals surface area contributed by atoms with Gasteiger partial charge in [-0.05, 0) is 35.7 Å². The van der Waals surface area contributed by atoms with Gasteiger partial charge in [-0.3, -0.25) is 4.79 Å². The molecule has 0 saturated carbocycles. The highest BCUT2D eigenvalue weighted by atomic mass is 16.5. The van der Waals surface area contributed by atoms with Gasteiger partial charge in [0.15, 0.2) is 11.5 Å². The number of aryl methyl sites for hydroxylation is 1. The molecule has 0 bridgehead atoms. The molecular weight excluding hydrogens is 316 g/mol. The second kappa shape index (κ2) is 9.69. The molecular formula is C20H26N2O3. The summed E-state index contributed by atoms with van der Waals surface area (Å²) in [6.45, 7) is 4.19. The summed E-state index contributed by atoms with van der Waals surface area (Å²) in [5.74, 6) is 1.02. The largest absolute Gasteiger partial charge is 0.493 e. The van der Waals surface area contributed by atoms with Crippen molar-refractivity contribution in [2.24, 2.45) is 0 Å². The van der Waals surface area contributed by atoms with E-state index in [-0.39, 0.29) is 5.91 Å². The number of carbonyl (C=O) groups excluding carboxylic acids is 1. The predicted molar refractivity (Wildman–Crippen MR) is 99.4 cm³/mol. The molecule has 0 aliphatic carbocycles. The van der Waals surface area contributed by atoms with E-state index in [9.17, 15) is 4.79 Å². The molecule has 134 valence electrons. The summed E-state index contributed by atoms with van der Waals surface area (Å²) in [5.41, 5.74) is 3.13. The van der Waals surface area contributed by atoms with Crippen molar-refractivity contribution in [2.75, 3.05) is 27.3 Å². The van der Waals surface area contributed by atoms with Crippen molar-refractivity contribution in [1.82, 2.24) is 10.6 Å². The number of nitrogens with one attached hydrogen (secondary N) is 2. The third kappa shape index (κ3) is 5.50. The molecule has 0 saturated heterocycles. The number of hydrogen-bond donors (Lipinski definition) is 2. The van der Waals surface area contributed by atoms with Gasteiger partial charge in [-0.1, -0.05) is 31.2 Å². The molecule has 0 atom stereocenters. The maximum Gasteiger partial charge on any atom is 0.251 e. The molecule has 0 heterocycles. The smallest absolute Gasteiger partial charge is 0.251 e. The highest BCUT2D eigenvalue weighted by Crippen LogP contribution is 2.27. The molecule has 1 amide bonds. The van der Waals surface area contributed by atoms with Crippen LogP contribution in [0.5, 0.6) is 11.5 Å². The zero-order chi connectivity index (χ0) is 18.1. The van der Waals surface area contributed by atoms with Crippen LogP contribution in [0.3, 0.4) is 0 Å². The van der Waals surface area contributed by atoms with Gasteiger partial charge in [-0.25, -0.2) is 0 Å². The van der Waals surface area contributed by atoms with E-state index in [0.29, 0.717) is 30.2 Å². The van der Waals surface area contributed by atoms with Crippen LogP contribution in [-0.4, -0.2) is 33.2 Å². The Morgan fingerprint density at radius 1 is 0.920 bits per heavy atom. The average Bonchev–Trinajstić information content (AvgIpc) is 2.67. The fraction of sp³-hybridized carbons (Fsp3) is 0.350. The van der Waals surface area contributed by atoms with Crippen molar-refractivity contribution in [3.63, 3.8) is 0 Å². The van der Waals surface area contributed by atoms with E-state index in [0.717, 1.165) is 13.0 Å². The van der Waals surface area contributed by atoms with Gasteiger partial charge in [-0.15, -0.1) is 0 Å². The molecule has 0 aliphatic rings. The van der Waals surface area contributed by atoms with E-state index >= 15 is 0 Å². The first-order valence-electron chi connectivity index (χ1n) is 8.46. The minimum Gasteiger partial charge on any atom is -0.493 e. The Hall–Kier alpha value is -2.53. The lowest BCUT2D eigenvalue weighted by Crippen LogP contribution is -2.31. The first-order valence-corrected chi connectivity index (χ1v) is 8.46. The molecule has 0 radical (unpaired) electrons. The standard InChI is InChI=1S/C20H26N2O3/c1-4-15-5-7-16(8-6-15)14-21-11-12-22-20(23)17-9-10-18(24-2)19(13-17)25-3/h5-10,13,21H,4,11-12,14H2,1-3H3,(H,22,23). The topological polar surface area (TPSA) is 59.6 Å². The van der Waals surface area contributed by atoms with Crippen LogP contribution in [0.2, 0.25) is 0 Å². The number of carbonyl (C=O) groups is 1. The van der Waals surface area contributed by atoms with Crippen molar-refractivity contribution in [1.29, 1.82) is 0 Å². The van der Waals surface area contributed by atoms with E-state index < -0.39 is 0 Å². The fourth-order valence-electron chi connectivity index (χ4n) is 2.47. The minimum atomic E-state index is -0.130. The van der Waals surface area contributed by atoms with Crippen molar-refractivity contribution < 1.29 is 14.3 Å². The minimum absolute atomic E-state index is 0.130. The number of amides is 1. The van der Waals surface area contributed by atoms with E-state index in [1.807, 2.05) is 0 Å². The fourth-order valence-corrected chi connectivity index (χ4v) is 2.47. The van der Waals surface area contributed by atoms with Gasteiger partial charge < -0.3 is 20.1 Å².